The maximum absolute atomic E-state index is 11.2. The van der Waals surface area contributed by atoms with Crippen molar-refractivity contribution in [3.05, 3.63) is 12.3 Å². The molecule has 0 radical (unpaired) electrons. The van der Waals surface area contributed by atoms with Gasteiger partial charge in [-0.1, -0.05) is 0 Å². The summed E-state index contributed by atoms with van der Waals surface area (Å²) in [4.78, 5) is 33.1. The lowest BCUT2D eigenvalue weighted by molar-refractivity contribution is -0.393. The number of carbonyl (C=O) groups excluding carboxylic acids is 3. The van der Waals surface area contributed by atoms with E-state index in [0.717, 1.165) is 27.0 Å². The van der Waals surface area contributed by atoms with E-state index in [2.05, 4.69) is 14.2 Å². The van der Waals surface area contributed by atoms with Gasteiger partial charge in [0.05, 0.1) is 6.26 Å². The molecule has 0 saturated heterocycles. The zero-order chi connectivity index (χ0) is 17.1. The molecule has 3 N–H and O–H groups in total. The van der Waals surface area contributed by atoms with Crippen LogP contribution in [0.2, 0.25) is 0 Å². The molecule has 0 amide bonds. The minimum atomic E-state index is -3.06. The van der Waals surface area contributed by atoms with Crippen LogP contribution in [0, 0.1) is 0 Å². The molecule has 0 aliphatic carbocycles. The molecule has 0 bridgehead atoms. The van der Waals surface area contributed by atoms with Crippen LogP contribution in [0.5, 0.6) is 0 Å². The summed E-state index contributed by atoms with van der Waals surface area (Å²) < 4.78 is 18.4. The second-order valence-corrected chi connectivity index (χ2v) is 4.44. The lowest BCUT2D eigenvalue weighted by atomic mass is 9.96. The highest BCUT2D eigenvalue weighted by Gasteiger charge is 2.65. The van der Waals surface area contributed by atoms with E-state index in [1.807, 2.05) is 0 Å². The van der Waals surface area contributed by atoms with Gasteiger partial charge in [-0.25, -0.2) is 0 Å². The smallest absolute Gasteiger partial charge is 0.325 e. The third-order valence-corrected chi connectivity index (χ3v) is 2.56. The third kappa shape index (κ3) is 3.53. The van der Waals surface area contributed by atoms with Crippen LogP contribution < -0.4 is 0 Å². The largest absolute Gasteiger partial charge is 0.484 e. The fourth-order valence-corrected chi connectivity index (χ4v) is 1.80. The van der Waals surface area contributed by atoms with Gasteiger partial charge in [-0.3, -0.25) is 14.4 Å². The molecule has 0 spiro atoms. The number of aliphatic hydroxyl groups is 3. The molecule has 124 valence electrons. The van der Waals surface area contributed by atoms with E-state index in [1.54, 1.807) is 0 Å². The molecule has 22 heavy (non-hydrogen) atoms. The molecule has 1 heterocycles. The van der Waals surface area contributed by atoms with E-state index in [1.165, 1.54) is 0 Å². The first-order valence-corrected chi connectivity index (χ1v) is 6.04. The first kappa shape index (κ1) is 17.9. The number of esters is 3. The van der Waals surface area contributed by atoms with Crippen LogP contribution in [-0.2, 0) is 33.3 Å². The Labute approximate surface area is 124 Å². The Morgan fingerprint density at radius 1 is 1.09 bits per heavy atom. The Morgan fingerprint density at radius 3 is 2.09 bits per heavy atom. The molecule has 0 aromatic heterocycles. The maximum Gasteiger partial charge on any atom is 0.325 e. The summed E-state index contributed by atoms with van der Waals surface area (Å²) in [7, 11) is 0. The normalized spacial score (nSPS) is 31.6. The number of carbonyl (C=O) groups is 3. The molecule has 4 atom stereocenters. The molecule has 0 aromatic carbocycles. The van der Waals surface area contributed by atoms with Crippen LogP contribution in [0.1, 0.15) is 20.8 Å². The summed E-state index contributed by atoms with van der Waals surface area (Å²) in [5, 5.41) is 30.5. The predicted octanol–water partition coefficient (Wildman–Crippen LogP) is -1.72. The zero-order valence-electron chi connectivity index (χ0n) is 12.0. The number of ether oxygens (including phenoxy) is 4. The van der Waals surface area contributed by atoms with Gasteiger partial charge < -0.3 is 34.3 Å². The Kier molecular flexibility index (Phi) is 5.12. The number of rotatable bonds is 4. The van der Waals surface area contributed by atoms with Crippen molar-refractivity contribution in [3.8, 4) is 0 Å². The van der Waals surface area contributed by atoms with Crippen molar-refractivity contribution in [2.45, 2.75) is 44.7 Å². The van der Waals surface area contributed by atoms with Crippen LogP contribution in [0.3, 0.4) is 0 Å². The van der Waals surface area contributed by atoms with E-state index in [-0.39, 0.29) is 0 Å². The second-order valence-electron chi connectivity index (χ2n) is 4.44. The van der Waals surface area contributed by atoms with E-state index >= 15 is 0 Å². The number of hydrogen-bond donors (Lipinski definition) is 3. The van der Waals surface area contributed by atoms with Crippen molar-refractivity contribution in [3.63, 3.8) is 0 Å². The quantitative estimate of drug-likeness (QED) is 0.310. The average Bonchev–Trinajstić information content (AvgIpc) is 2.29. The van der Waals surface area contributed by atoms with Gasteiger partial charge in [0.2, 0.25) is 12.4 Å². The molecule has 1 aliphatic heterocycles. The van der Waals surface area contributed by atoms with Crippen molar-refractivity contribution in [1.29, 1.82) is 0 Å². The van der Waals surface area contributed by atoms with E-state index < -0.39 is 41.9 Å². The SMILES string of the molecule is CC(=O)OC(O)[C@H]1OC=C[C@](O)(OC(C)=O)[C@@]1(O)OC(C)=O. The van der Waals surface area contributed by atoms with Crippen LogP contribution in [0.4, 0.5) is 0 Å². The summed E-state index contributed by atoms with van der Waals surface area (Å²) in [5.41, 5.74) is 0. The van der Waals surface area contributed by atoms with Gasteiger partial charge in [-0.2, -0.15) is 0 Å². The Hall–Kier alpha value is -2.17. The molecule has 0 saturated carbocycles. The maximum atomic E-state index is 11.2. The lowest BCUT2D eigenvalue weighted by Crippen LogP contribution is -2.69. The summed E-state index contributed by atoms with van der Waals surface area (Å²) in [6.45, 7) is 2.78. The molecule has 1 unspecified atom stereocenters. The number of hydrogen-bond acceptors (Lipinski definition) is 10. The average molecular weight is 320 g/mol. The van der Waals surface area contributed by atoms with Gasteiger partial charge in [0.1, 0.15) is 0 Å². The monoisotopic (exact) mass is 320 g/mol. The minimum Gasteiger partial charge on any atom is -0.484 e. The summed E-state index contributed by atoms with van der Waals surface area (Å²) in [6.07, 6.45) is -2.64. The first-order valence-electron chi connectivity index (χ1n) is 6.04. The lowest BCUT2D eigenvalue weighted by Gasteiger charge is -2.45. The highest BCUT2D eigenvalue weighted by molar-refractivity contribution is 5.68. The van der Waals surface area contributed by atoms with Gasteiger partial charge in [0.15, 0.2) is 0 Å². The third-order valence-electron chi connectivity index (χ3n) is 2.56. The summed E-state index contributed by atoms with van der Waals surface area (Å²) >= 11 is 0. The van der Waals surface area contributed by atoms with Crippen molar-refractivity contribution < 1.29 is 48.7 Å². The van der Waals surface area contributed by atoms with Crippen LogP contribution in [-0.4, -0.2) is 57.2 Å². The Bertz CT molecular complexity index is 500. The fourth-order valence-electron chi connectivity index (χ4n) is 1.80. The van der Waals surface area contributed by atoms with Crippen molar-refractivity contribution in [2.75, 3.05) is 0 Å². The molecular formula is C12H16O10. The van der Waals surface area contributed by atoms with Gasteiger partial charge in [-0.15, -0.1) is 0 Å². The second kappa shape index (κ2) is 6.30. The highest BCUT2D eigenvalue weighted by atomic mass is 16.8. The molecule has 0 aromatic rings. The van der Waals surface area contributed by atoms with Gasteiger partial charge >= 0.3 is 29.5 Å². The van der Waals surface area contributed by atoms with E-state index in [9.17, 15) is 29.7 Å². The molecule has 1 aliphatic rings. The molecule has 10 heteroatoms. The summed E-state index contributed by atoms with van der Waals surface area (Å²) in [6, 6.07) is 0. The van der Waals surface area contributed by atoms with E-state index in [0.29, 0.717) is 6.08 Å². The Morgan fingerprint density at radius 2 is 1.64 bits per heavy atom. The van der Waals surface area contributed by atoms with Crippen LogP contribution in [0.15, 0.2) is 12.3 Å². The molecule has 10 nitrogen and oxygen atoms in total. The fraction of sp³-hybridized carbons (Fsp3) is 0.583. The van der Waals surface area contributed by atoms with Crippen LogP contribution in [0.25, 0.3) is 0 Å². The Balaban J connectivity index is 3.26. The minimum absolute atomic E-state index is 0.689. The highest BCUT2D eigenvalue weighted by Crippen LogP contribution is 2.37. The van der Waals surface area contributed by atoms with Gasteiger partial charge in [0, 0.05) is 26.8 Å². The zero-order valence-corrected chi connectivity index (χ0v) is 12.0. The molecule has 0 fully saturated rings. The molecular weight excluding hydrogens is 304 g/mol. The standard InChI is InChI=1S/C12H16O10/c1-6(13)20-10(16)9-12(18,22-8(3)15)11(17,4-5-19-9)21-7(2)14/h4-5,9-10,16-18H,1-3H3/t9-,10?,11+,12+/m1/s1. The topological polar surface area (TPSA) is 149 Å². The van der Waals surface area contributed by atoms with Crippen molar-refractivity contribution >= 4 is 17.9 Å². The van der Waals surface area contributed by atoms with E-state index in [4.69, 9.17) is 4.74 Å². The predicted molar refractivity (Wildman–Crippen MR) is 65.2 cm³/mol. The number of aliphatic hydroxyl groups excluding tert-OH is 1. The van der Waals surface area contributed by atoms with Crippen molar-refractivity contribution in [1.82, 2.24) is 0 Å². The van der Waals surface area contributed by atoms with Gasteiger partial charge in [0.25, 0.3) is 0 Å². The van der Waals surface area contributed by atoms with Crippen molar-refractivity contribution in [2.24, 2.45) is 0 Å². The summed E-state index contributed by atoms with van der Waals surface area (Å²) in [5.74, 6) is -8.98. The first-order chi connectivity index (χ1) is 10.0. The van der Waals surface area contributed by atoms with Gasteiger partial charge in [-0.05, 0) is 0 Å². The molecule has 1 rings (SSSR count). The van der Waals surface area contributed by atoms with Crippen LogP contribution >= 0.6 is 0 Å².